The zero-order valence-corrected chi connectivity index (χ0v) is 12.5. The van der Waals surface area contributed by atoms with Crippen molar-refractivity contribution < 1.29 is 23.6 Å². The molecule has 0 saturated carbocycles. The van der Waals surface area contributed by atoms with Crippen molar-refractivity contribution in [2.75, 3.05) is 13.7 Å². The minimum atomic E-state index is -0.595. The molecular formula is C16H14FNO5. The Morgan fingerprint density at radius 1 is 1.22 bits per heavy atom. The monoisotopic (exact) mass is 319 g/mol. The number of hydrogen-bond donors (Lipinski definition) is 0. The van der Waals surface area contributed by atoms with Crippen LogP contribution in [0, 0.1) is 22.9 Å². The number of hydrogen-bond acceptors (Lipinski definition) is 5. The average molecular weight is 319 g/mol. The van der Waals surface area contributed by atoms with Crippen LogP contribution in [-0.4, -0.2) is 24.4 Å². The van der Waals surface area contributed by atoms with Crippen molar-refractivity contribution in [1.29, 1.82) is 0 Å². The first-order chi connectivity index (χ1) is 10.9. The minimum absolute atomic E-state index is 0.0151. The lowest BCUT2D eigenvalue weighted by Gasteiger charge is -2.10. The van der Waals surface area contributed by atoms with E-state index in [1.165, 1.54) is 31.4 Å². The summed E-state index contributed by atoms with van der Waals surface area (Å²) in [6.45, 7) is 1.28. The molecule has 0 aliphatic heterocycles. The predicted octanol–water partition coefficient (Wildman–Crippen LogP) is 3.31. The third kappa shape index (κ3) is 3.82. The number of ketones is 1. The van der Waals surface area contributed by atoms with Gasteiger partial charge in [0.05, 0.1) is 17.6 Å². The maximum absolute atomic E-state index is 13.3. The number of nitro groups is 1. The van der Waals surface area contributed by atoms with E-state index in [9.17, 15) is 19.3 Å². The summed E-state index contributed by atoms with van der Waals surface area (Å²) in [5.41, 5.74) is 0.527. The molecule has 0 heterocycles. The van der Waals surface area contributed by atoms with Gasteiger partial charge >= 0.3 is 5.69 Å². The smallest absolute Gasteiger partial charge is 0.310 e. The van der Waals surface area contributed by atoms with Crippen LogP contribution < -0.4 is 9.47 Å². The third-order valence-corrected chi connectivity index (χ3v) is 3.13. The fraction of sp³-hybridized carbons (Fsp3) is 0.188. The van der Waals surface area contributed by atoms with E-state index in [4.69, 9.17) is 9.47 Å². The summed E-state index contributed by atoms with van der Waals surface area (Å²) in [6, 6.07) is 7.88. The molecule has 0 aliphatic rings. The number of nitro benzene ring substituents is 1. The van der Waals surface area contributed by atoms with Gasteiger partial charge in [-0.1, -0.05) is 6.07 Å². The second-order valence-corrected chi connectivity index (χ2v) is 4.78. The van der Waals surface area contributed by atoms with Gasteiger partial charge in [0.15, 0.2) is 12.4 Å². The zero-order valence-electron chi connectivity index (χ0n) is 12.5. The van der Waals surface area contributed by atoms with E-state index in [0.29, 0.717) is 0 Å². The molecule has 0 N–H and O–H groups in total. The molecule has 0 fully saturated rings. The Morgan fingerprint density at radius 3 is 2.61 bits per heavy atom. The maximum Gasteiger partial charge on any atom is 0.310 e. The van der Waals surface area contributed by atoms with Gasteiger partial charge in [-0.2, -0.15) is 0 Å². The number of ether oxygens (including phenoxy) is 2. The second-order valence-electron chi connectivity index (χ2n) is 4.78. The van der Waals surface area contributed by atoms with Crippen molar-refractivity contribution in [3.63, 3.8) is 0 Å². The first-order valence-corrected chi connectivity index (χ1v) is 6.67. The van der Waals surface area contributed by atoms with Crippen LogP contribution in [-0.2, 0) is 0 Å². The number of nitrogens with zero attached hydrogens (tertiary/aromatic N) is 1. The number of rotatable bonds is 6. The van der Waals surface area contributed by atoms with Crippen LogP contribution in [0.5, 0.6) is 11.5 Å². The van der Waals surface area contributed by atoms with Crippen LogP contribution >= 0.6 is 0 Å². The molecule has 120 valence electrons. The Morgan fingerprint density at radius 2 is 1.96 bits per heavy atom. The molecule has 0 aliphatic carbocycles. The molecule has 0 atom stereocenters. The van der Waals surface area contributed by atoms with Gasteiger partial charge in [-0.05, 0) is 36.8 Å². The fourth-order valence-electron chi connectivity index (χ4n) is 2.01. The van der Waals surface area contributed by atoms with Crippen LogP contribution in [0.2, 0.25) is 0 Å². The molecule has 2 aromatic carbocycles. The SMILES string of the molecule is COc1ccc(F)cc1C(=O)COc1cc(C)ccc1[N+](=O)[O-]. The Labute approximate surface area is 131 Å². The van der Waals surface area contributed by atoms with Crippen LogP contribution in [0.1, 0.15) is 15.9 Å². The highest BCUT2D eigenvalue weighted by molar-refractivity contribution is 5.99. The molecule has 2 rings (SSSR count). The Balaban J connectivity index is 2.21. The highest BCUT2D eigenvalue weighted by atomic mass is 19.1. The summed E-state index contributed by atoms with van der Waals surface area (Å²) < 4.78 is 23.6. The minimum Gasteiger partial charge on any atom is -0.496 e. The van der Waals surface area contributed by atoms with E-state index in [-0.39, 0.29) is 22.7 Å². The van der Waals surface area contributed by atoms with Gasteiger partial charge in [0, 0.05) is 6.07 Å². The summed E-state index contributed by atoms with van der Waals surface area (Å²) in [5.74, 6) is -0.940. The molecule has 0 amide bonds. The molecule has 0 radical (unpaired) electrons. The average Bonchev–Trinajstić information content (AvgIpc) is 2.52. The molecular weight excluding hydrogens is 305 g/mol. The van der Waals surface area contributed by atoms with Gasteiger partial charge in [-0.3, -0.25) is 14.9 Å². The molecule has 7 heteroatoms. The van der Waals surface area contributed by atoms with Gasteiger partial charge < -0.3 is 9.47 Å². The van der Waals surface area contributed by atoms with Crippen LogP contribution in [0.25, 0.3) is 0 Å². The van der Waals surface area contributed by atoms with Crippen LogP contribution in [0.3, 0.4) is 0 Å². The summed E-state index contributed by atoms with van der Waals surface area (Å²) in [6.07, 6.45) is 0. The highest BCUT2D eigenvalue weighted by Gasteiger charge is 2.18. The number of aryl methyl sites for hydroxylation is 1. The van der Waals surface area contributed by atoms with E-state index < -0.39 is 23.1 Å². The lowest BCUT2D eigenvalue weighted by Crippen LogP contribution is -2.14. The highest BCUT2D eigenvalue weighted by Crippen LogP contribution is 2.28. The van der Waals surface area contributed by atoms with Gasteiger partial charge in [0.2, 0.25) is 5.78 Å². The van der Waals surface area contributed by atoms with Crippen molar-refractivity contribution in [2.24, 2.45) is 0 Å². The molecule has 0 bridgehead atoms. The largest absolute Gasteiger partial charge is 0.496 e. The number of benzene rings is 2. The van der Waals surface area contributed by atoms with Crippen molar-refractivity contribution in [2.45, 2.75) is 6.92 Å². The number of carbonyl (C=O) groups is 1. The van der Waals surface area contributed by atoms with Gasteiger partial charge in [-0.25, -0.2) is 4.39 Å². The molecule has 23 heavy (non-hydrogen) atoms. The fourth-order valence-corrected chi connectivity index (χ4v) is 2.01. The van der Waals surface area contributed by atoms with E-state index in [0.717, 1.165) is 11.6 Å². The van der Waals surface area contributed by atoms with E-state index in [1.807, 2.05) is 0 Å². The maximum atomic E-state index is 13.3. The molecule has 0 spiro atoms. The van der Waals surface area contributed by atoms with E-state index in [1.54, 1.807) is 13.0 Å². The Hall–Kier alpha value is -2.96. The van der Waals surface area contributed by atoms with Crippen LogP contribution in [0.15, 0.2) is 36.4 Å². The van der Waals surface area contributed by atoms with Crippen LogP contribution in [0.4, 0.5) is 10.1 Å². The molecule has 0 unspecified atom stereocenters. The Bertz CT molecular complexity index is 760. The Kier molecular flexibility index (Phi) is 4.90. The lowest BCUT2D eigenvalue weighted by molar-refractivity contribution is -0.385. The summed E-state index contributed by atoms with van der Waals surface area (Å²) >= 11 is 0. The molecule has 6 nitrogen and oxygen atoms in total. The topological polar surface area (TPSA) is 78.7 Å². The van der Waals surface area contributed by atoms with Crippen molar-refractivity contribution in [3.05, 3.63) is 63.5 Å². The zero-order chi connectivity index (χ0) is 17.0. The predicted molar refractivity (Wildman–Crippen MR) is 80.6 cm³/mol. The van der Waals surface area contributed by atoms with Crippen molar-refractivity contribution in [1.82, 2.24) is 0 Å². The molecule has 0 saturated heterocycles. The lowest BCUT2D eigenvalue weighted by atomic mass is 10.1. The normalized spacial score (nSPS) is 10.2. The van der Waals surface area contributed by atoms with E-state index in [2.05, 4.69) is 0 Å². The number of Topliss-reactive ketones (excluding diaryl/α,β-unsaturated/α-hetero) is 1. The molecule has 2 aromatic rings. The van der Waals surface area contributed by atoms with Crippen molar-refractivity contribution in [3.8, 4) is 11.5 Å². The number of carbonyl (C=O) groups excluding carboxylic acids is 1. The second kappa shape index (κ2) is 6.87. The summed E-state index contributed by atoms with van der Waals surface area (Å²) in [7, 11) is 1.36. The van der Waals surface area contributed by atoms with Gasteiger partial charge in [0.1, 0.15) is 11.6 Å². The quantitative estimate of drug-likeness (QED) is 0.463. The first-order valence-electron chi connectivity index (χ1n) is 6.67. The standard InChI is InChI=1S/C16H14FNO5/c1-10-3-5-13(18(20)21)16(7-10)23-9-14(19)12-8-11(17)4-6-15(12)22-2/h3-8H,9H2,1-2H3. The van der Waals surface area contributed by atoms with Crippen molar-refractivity contribution >= 4 is 11.5 Å². The summed E-state index contributed by atoms with van der Waals surface area (Å²) in [5, 5.41) is 11.0. The number of halogens is 1. The van der Waals surface area contributed by atoms with Gasteiger partial charge in [-0.15, -0.1) is 0 Å². The third-order valence-electron chi connectivity index (χ3n) is 3.13. The molecule has 0 aromatic heterocycles. The first kappa shape index (κ1) is 16.4. The van der Waals surface area contributed by atoms with E-state index >= 15 is 0 Å². The summed E-state index contributed by atoms with van der Waals surface area (Å²) in [4.78, 5) is 22.5. The van der Waals surface area contributed by atoms with Gasteiger partial charge in [0.25, 0.3) is 0 Å². The number of methoxy groups -OCH3 is 1.